The van der Waals surface area contributed by atoms with Crippen LogP contribution in [0.1, 0.15) is 60.3 Å². The molecule has 2 N–H and O–H groups in total. The Balaban J connectivity index is 4.45. The fraction of sp³-hybridized carbons (Fsp3) is 0.750. The van der Waals surface area contributed by atoms with Crippen LogP contribution in [0.4, 0.5) is 0 Å². The summed E-state index contributed by atoms with van der Waals surface area (Å²) in [4.78, 5) is 46.3. The predicted molar refractivity (Wildman–Crippen MR) is 84.5 cm³/mol. The van der Waals surface area contributed by atoms with Gasteiger partial charge >= 0.3 is 0 Å². The van der Waals surface area contributed by atoms with Gasteiger partial charge in [0.25, 0.3) is 5.91 Å². The van der Waals surface area contributed by atoms with Gasteiger partial charge in [-0.15, -0.1) is 0 Å². The molecule has 0 bridgehead atoms. The van der Waals surface area contributed by atoms with Crippen LogP contribution in [0, 0.1) is 0 Å². The second-order valence-electron chi connectivity index (χ2n) is 6.52. The number of hydrogen-bond acceptors (Lipinski definition) is 5. The van der Waals surface area contributed by atoms with Crippen LogP contribution in [-0.2, 0) is 19.2 Å². The van der Waals surface area contributed by atoms with E-state index in [9.17, 15) is 19.2 Å². The Bertz CT molecular complexity index is 424. The molecule has 0 heterocycles. The Morgan fingerprint density at radius 2 is 1.64 bits per heavy atom. The maximum absolute atomic E-state index is 12.1. The molecule has 0 aliphatic rings. The molecule has 1 amide bonds. The van der Waals surface area contributed by atoms with E-state index in [0.717, 1.165) is 6.42 Å². The van der Waals surface area contributed by atoms with Crippen LogP contribution in [0.3, 0.4) is 0 Å². The van der Waals surface area contributed by atoms with E-state index >= 15 is 0 Å². The molecule has 6 heteroatoms. The quantitative estimate of drug-likeness (QED) is 0.591. The van der Waals surface area contributed by atoms with Crippen molar-refractivity contribution in [2.24, 2.45) is 0 Å². The van der Waals surface area contributed by atoms with Gasteiger partial charge in [0.15, 0.2) is 5.78 Å². The van der Waals surface area contributed by atoms with Crippen molar-refractivity contribution in [2.45, 2.75) is 71.9 Å². The van der Waals surface area contributed by atoms with Gasteiger partial charge < -0.3 is 15.4 Å². The molecule has 0 saturated heterocycles. The molecule has 6 nitrogen and oxygen atoms in total. The van der Waals surface area contributed by atoms with Crippen LogP contribution in [0.2, 0.25) is 0 Å². The smallest absolute Gasteiger partial charge is 0.289 e. The van der Waals surface area contributed by atoms with Gasteiger partial charge in [-0.3, -0.25) is 14.4 Å². The lowest BCUT2D eigenvalue weighted by Crippen LogP contribution is -2.52. The third-order valence-electron chi connectivity index (χ3n) is 2.93. The summed E-state index contributed by atoms with van der Waals surface area (Å²) in [6.07, 6.45) is 1.57. The molecular weight excluding hydrogens is 284 g/mol. The lowest BCUT2D eigenvalue weighted by Gasteiger charge is -2.27. The van der Waals surface area contributed by atoms with E-state index in [0.29, 0.717) is 6.42 Å². The predicted octanol–water partition coefficient (Wildman–Crippen LogP) is 1.17. The fourth-order valence-corrected chi connectivity index (χ4v) is 1.91. The number of carbonyl (C=O) groups is 4. The van der Waals surface area contributed by atoms with Gasteiger partial charge in [0.1, 0.15) is 5.78 Å². The fourth-order valence-electron chi connectivity index (χ4n) is 1.91. The summed E-state index contributed by atoms with van der Waals surface area (Å²) in [7, 11) is 0. The lowest BCUT2D eigenvalue weighted by molar-refractivity contribution is -0.140. The molecule has 0 rings (SSSR count). The van der Waals surface area contributed by atoms with Crippen LogP contribution >= 0.6 is 0 Å². The van der Waals surface area contributed by atoms with E-state index in [2.05, 4.69) is 10.6 Å². The third-order valence-corrected chi connectivity index (χ3v) is 2.93. The molecule has 1 unspecified atom stereocenters. The first kappa shape index (κ1) is 20.4. The summed E-state index contributed by atoms with van der Waals surface area (Å²) < 4.78 is 0. The van der Waals surface area contributed by atoms with Crippen molar-refractivity contribution in [2.75, 3.05) is 6.54 Å². The largest absolute Gasteiger partial charge is 0.342 e. The molecular formula is C16H28N2O4. The van der Waals surface area contributed by atoms with Crippen molar-refractivity contribution in [3.63, 3.8) is 0 Å². The van der Waals surface area contributed by atoms with Crippen molar-refractivity contribution in [3.05, 3.63) is 0 Å². The number of carbonyl (C=O) groups excluding carboxylic acids is 4. The molecule has 0 aliphatic carbocycles. The van der Waals surface area contributed by atoms with Gasteiger partial charge in [-0.05, 0) is 34.1 Å². The molecule has 0 spiro atoms. The summed E-state index contributed by atoms with van der Waals surface area (Å²) in [6, 6.07) is -0.558. The Morgan fingerprint density at radius 3 is 2.09 bits per heavy atom. The zero-order chi connectivity index (χ0) is 17.3. The zero-order valence-electron chi connectivity index (χ0n) is 14.2. The summed E-state index contributed by atoms with van der Waals surface area (Å²) in [6.45, 7) is 8.90. The normalized spacial score (nSPS) is 12.6. The number of hydrogen-bond donors (Lipinski definition) is 2. The number of nitrogens with one attached hydrogen (secondary N) is 2. The minimum Gasteiger partial charge on any atom is -0.342 e. The molecule has 126 valence electrons. The van der Waals surface area contributed by atoms with Gasteiger partial charge in [-0.1, -0.05) is 13.3 Å². The van der Waals surface area contributed by atoms with Crippen LogP contribution in [0.25, 0.3) is 0 Å². The molecule has 1 atom stereocenters. The van der Waals surface area contributed by atoms with Crippen LogP contribution in [0.5, 0.6) is 0 Å². The van der Waals surface area contributed by atoms with Crippen molar-refractivity contribution < 1.29 is 19.2 Å². The zero-order valence-corrected chi connectivity index (χ0v) is 14.2. The molecule has 0 aromatic rings. The van der Waals surface area contributed by atoms with Gasteiger partial charge in [-0.2, -0.15) is 0 Å². The number of amides is 1. The highest BCUT2D eigenvalue weighted by Crippen LogP contribution is 2.07. The van der Waals surface area contributed by atoms with Gasteiger partial charge in [0.05, 0.1) is 12.6 Å². The number of Topliss-reactive ketones (excluding diaryl/α,β-unsaturated/α-hetero) is 3. The number of ketones is 3. The van der Waals surface area contributed by atoms with Crippen LogP contribution < -0.4 is 10.6 Å². The van der Waals surface area contributed by atoms with Crippen molar-refractivity contribution in [3.8, 4) is 0 Å². The Morgan fingerprint density at radius 1 is 1.05 bits per heavy atom. The highest BCUT2D eigenvalue weighted by molar-refractivity contribution is 6.38. The Hall–Kier alpha value is -1.56. The van der Waals surface area contributed by atoms with Gasteiger partial charge in [0.2, 0.25) is 5.78 Å². The first-order valence-corrected chi connectivity index (χ1v) is 7.67. The van der Waals surface area contributed by atoms with E-state index in [1.54, 1.807) is 0 Å². The van der Waals surface area contributed by atoms with Gasteiger partial charge in [-0.25, -0.2) is 0 Å². The number of rotatable bonds is 10. The molecule has 22 heavy (non-hydrogen) atoms. The van der Waals surface area contributed by atoms with Crippen molar-refractivity contribution in [1.82, 2.24) is 10.6 Å². The van der Waals surface area contributed by atoms with E-state index in [-0.39, 0.29) is 36.5 Å². The van der Waals surface area contributed by atoms with E-state index < -0.39 is 17.7 Å². The molecule has 0 saturated carbocycles. The lowest BCUT2D eigenvalue weighted by atomic mass is 10.0. The SMILES string of the molecule is CCCC(NC(C)(C)C)C(=O)C(=O)NCC(=O)CCC(C)=O. The molecule has 0 fully saturated rings. The second kappa shape index (κ2) is 9.46. The maximum atomic E-state index is 12.1. The van der Waals surface area contributed by atoms with Crippen molar-refractivity contribution >= 4 is 23.3 Å². The van der Waals surface area contributed by atoms with E-state index in [1.807, 2.05) is 27.7 Å². The van der Waals surface area contributed by atoms with E-state index in [4.69, 9.17) is 0 Å². The average molecular weight is 312 g/mol. The standard InChI is InChI=1S/C16H28N2O4/c1-6-7-13(18-16(3,4)5)14(21)15(22)17-10-12(20)9-8-11(2)19/h13,18H,6-10H2,1-5H3,(H,17,22). The summed E-state index contributed by atoms with van der Waals surface area (Å²) >= 11 is 0. The summed E-state index contributed by atoms with van der Waals surface area (Å²) in [5.74, 6) is -1.65. The highest BCUT2D eigenvalue weighted by Gasteiger charge is 2.28. The Kier molecular flexibility index (Phi) is 8.79. The first-order valence-electron chi connectivity index (χ1n) is 7.67. The molecule has 0 radical (unpaired) electrons. The average Bonchev–Trinajstić information content (AvgIpc) is 2.39. The Labute approximate surface area is 132 Å². The molecule has 0 aromatic carbocycles. The van der Waals surface area contributed by atoms with Crippen molar-refractivity contribution in [1.29, 1.82) is 0 Å². The van der Waals surface area contributed by atoms with Crippen LogP contribution in [0.15, 0.2) is 0 Å². The second-order valence-corrected chi connectivity index (χ2v) is 6.52. The summed E-state index contributed by atoms with van der Waals surface area (Å²) in [5, 5.41) is 5.47. The first-order chi connectivity index (χ1) is 10.1. The van der Waals surface area contributed by atoms with E-state index in [1.165, 1.54) is 6.92 Å². The van der Waals surface area contributed by atoms with Gasteiger partial charge in [0, 0.05) is 18.4 Å². The highest BCUT2D eigenvalue weighted by atomic mass is 16.2. The third kappa shape index (κ3) is 9.39. The maximum Gasteiger partial charge on any atom is 0.289 e. The molecule has 0 aromatic heterocycles. The van der Waals surface area contributed by atoms with Crippen LogP contribution in [-0.4, -0.2) is 41.4 Å². The monoisotopic (exact) mass is 312 g/mol. The minimum atomic E-state index is -0.758. The molecule has 0 aliphatic heterocycles. The summed E-state index contributed by atoms with van der Waals surface area (Å²) in [5.41, 5.74) is -0.285. The topological polar surface area (TPSA) is 92.3 Å². The minimum absolute atomic E-state index is 0.0758.